The number of furan rings is 1. The van der Waals surface area contributed by atoms with E-state index in [0.29, 0.717) is 17.6 Å². The highest BCUT2D eigenvalue weighted by Gasteiger charge is 2.11. The number of benzene rings is 1. The second-order valence-corrected chi connectivity index (χ2v) is 3.05. The van der Waals surface area contributed by atoms with E-state index < -0.39 is 5.97 Å². The Morgan fingerprint density at radius 3 is 3.07 bits per heavy atom. The lowest BCUT2D eigenvalue weighted by Crippen LogP contribution is -2.04. The number of carbonyl (C=O) groups is 1. The lowest BCUT2D eigenvalue weighted by Gasteiger charge is -2.02. The van der Waals surface area contributed by atoms with Gasteiger partial charge in [0.15, 0.2) is 0 Å². The summed E-state index contributed by atoms with van der Waals surface area (Å²) in [5, 5.41) is 10.2. The van der Waals surface area contributed by atoms with Crippen LogP contribution in [0.5, 0.6) is 5.75 Å². The lowest BCUT2D eigenvalue weighted by molar-refractivity contribution is 0.0526. The van der Waals surface area contributed by atoms with E-state index in [2.05, 4.69) is 0 Å². The van der Waals surface area contributed by atoms with Gasteiger partial charge in [0.25, 0.3) is 0 Å². The highest BCUT2D eigenvalue weighted by molar-refractivity contribution is 5.96. The molecule has 0 saturated carbocycles. The van der Waals surface area contributed by atoms with Gasteiger partial charge in [0, 0.05) is 0 Å². The smallest absolute Gasteiger partial charge is 0.338 e. The van der Waals surface area contributed by atoms with Crippen molar-refractivity contribution >= 4 is 16.9 Å². The van der Waals surface area contributed by atoms with Crippen LogP contribution in [0.15, 0.2) is 28.9 Å². The molecule has 1 aromatic carbocycles. The summed E-state index contributed by atoms with van der Waals surface area (Å²) in [7, 11) is 0. The van der Waals surface area contributed by atoms with Gasteiger partial charge in [0.05, 0.1) is 23.8 Å². The molecule has 0 bridgehead atoms. The van der Waals surface area contributed by atoms with Gasteiger partial charge in [-0.1, -0.05) is 0 Å². The number of phenols is 1. The zero-order chi connectivity index (χ0) is 10.8. The van der Waals surface area contributed by atoms with E-state index in [0.717, 1.165) is 0 Å². The molecule has 2 aromatic rings. The predicted molar refractivity (Wildman–Crippen MR) is 53.8 cm³/mol. The van der Waals surface area contributed by atoms with Gasteiger partial charge in [-0.2, -0.15) is 0 Å². The van der Waals surface area contributed by atoms with E-state index in [1.54, 1.807) is 19.1 Å². The maximum Gasteiger partial charge on any atom is 0.338 e. The van der Waals surface area contributed by atoms with Gasteiger partial charge >= 0.3 is 5.97 Å². The van der Waals surface area contributed by atoms with Crippen LogP contribution in [-0.4, -0.2) is 17.7 Å². The van der Waals surface area contributed by atoms with Crippen LogP contribution in [0, 0.1) is 0 Å². The average Bonchev–Trinajstić information content (AvgIpc) is 2.66. The number of hydrogen-bond acceptors (Lipinski definition) is 4. The number of aromatic hydroxyl groups is 1. The molecule has 1 N–H and O–H groups in total. The standard InChI is InChI=1S/C11H10O4/c1-2-14-11(13)7-5-9(12)8-3-4-15-10(8)6-7/h3-6,12H,2H2,1H3. The number of rotatable bonds is 2. The van der Waals surface area contributed by atoms with E-state index >= 15 is 0 Å². The van der Waals surface area contributed by atoms with E-state index in [-0.39, 0.29) is 11.3 Å². The summed E-state index contributed by atoms with van der Waals surface area (Å²) in [6, 6.07) is 4.56. The van der Waals surface area contributed by atoms with Crippen molar-refractivity contribution in [2.75, 3.05) is 6.61 Å². The molecule has 2 rings (SSSR count). The number of phenolic OH excluding ortho intramolecular Hbond substituents is 1. The molecule has 0 amide bonds. The Kier molecular flexibility index (Phi) is 2.33. The van der Waals surface area contributed by atoms with Crippen LogP contribution in [0.4, 0.5) is 0 Å². The van der Waals surface area contributed by atoms with E-state index in [9.17, 15) is 9.90 Å². The second-order valence-electron chi connectivity index (χ2n) is 3.05. The number of fused-ring (bicyclic) bond motifs is 1. The molecule has 0 radical (unpaired) electrons. The van der Waals surface area contributed by atoms with Crippen LogP contribution in [0.3, 0.4) is 0 Å². The van der Waals surface area contributed by atoms with Crippen LogP contribution in [0.25, 0.3) is 11.0 Å². The molecule has 0 saturated heterocycles. The zero-order valence-electron chi connectivity index (χ0n) is 8.19. The summed E-state index contributed by atoms with van der Waals surface area (Å²) in [4.78, 5) is 11.4. The summed E-state index contributed by atoms with van der Waals surface area (Å²) in [5.74, 6) is -0.449. The van der Waals surface area contributed by atoms with E-state index in [4.69, 9.17) is 9.15 Å². The fourth-order valence-electron chi connectivity index (χ4n) is 1.38. The predicted octanol–water partition coefficient (Wildman–Crippen LogP) is 2.32. The van der Waals surface area contributed by atoms with Crippen molar-refractivity contribution in [3.05, 3.63) is 30.0 Å². The zero-order valence-corrected chi connectivity index (χ0v) is 8.19. The SMILES string of the molecule is CCOC(=O)c1cc(O)c2ccoc2c1. The molecule has 0 aliphatic rings. The summed E-state index contributed by atoms with van der Waals surface area (Å²) < 4.78 is 9.92. The van der Waals surface area contributed by atoms with Gasteiger partial charge in [-0.25, -0.2) is 4.79 Å². The van der Waals surface area contributed by atoms with Crippen molar-refractivity contribution in [2.24, 2.45) is 0 Å². The molecule has 1 aromatic heterocycles. The summed E-state index contributed by atoms with van der Waals surface area (Å²) in [6.45, 7) is 2.03. The molecule has 4 nitrogen and oxygen atoms in total. The highest BCUT2D eigenvalue weighted by Crippen LogP contribution is 2.27. The van der Waals surface area contributed by atoms with Gasteiger partial charge in [-0.15, -0.1) is 0 Å². The van der Waals surface area contributed by atoms with E-state index in [1.807, 2.05) is 0 Å². The molecular formula is C11H10O4. The van der Waals surface area contributed by atoms with Crippen molar-refractivity contribution in [1.82, 2.24) is 0 Å². The molecule has 0 aliphatic carbocycles. The lowest BCUT2D eigenvalue weighted by atomic mass is 10.1. The summed E-state index contributed by atoms with van der Waals surface area (Å²) >= 11 is 0. The van der Waals surface area contributed by atoms with E-state index in [1.165, 1.54) is 12.3 Å². The van der Waals surface area contributed by atoms with Gasteiger partial charge in [-0.3, -0.25) is 0 Å². The number of esters is 1. The van der Waals surface area contributed by atoms with Crippen LogP contribution >= 0.6 is 0 Å². The number of ether oxygens (including phenoxy) is 1. The molecule has 1 heterocycles. The molecule has 0 spiro atoms. The molecule has 4 heteroatoms. The first-order valence-corrected chi connectivity index (χ1v) is 4.59. The van der Waals surface area contributed by atoms with Gasteiger partial charge < -0.3 is 14.3 Å². The van der Waals surface area contributed by atoms with Gasteiger partial charge in [-0.05, 0) is 25.1 Å². The maximum absolute atomic E-state index is 11.4. The minimum Gasteiger partial charge on any atom is -0.507 e. The molecular weight excluding hydrogens is 196 g/mol. The van der Waals surface area contributed by atoms with Crippen molar-refractivity contribution in [1.29, 1.82) is 0 Å². The van der Waals surface area contributed by atoms with Crippen molar-refractivity contribution in [3.63, 3.8) is 0 Å². The Hall–Kier alpha value is -1.97. The molecule has 0 unspecified atom stereocenters. The van der Waals surface area contributed by atoms with Gasteiger partial charge in [0.1, 0.15) is 11.3 Å². The Morgan fingerprint density at radius 1 is 1.53 bits per heavy atom. The molecule has 78 valence electrons. The van der Waals surface area contributed by atoms with Gasteiger partial charge in [0.2, 0.25) is 0 Å². The number of hydrogen-bond donors (Lipinski definition) is 1. The molecule has 0 fully saturated rings. The first kappa shape index (κ1) is 9.58. The van der Waals surface area contributed by atoms with Crippen LogP contribution in [-0.2, 0) is 4.74 Å². The second kappa shape index (κ2) is 3.65. The van der Waals surface area contributed by atoms with Crippen molar-refractivity contribution in [2.45, 2.75) is 6.92 Å². The monoisotopic (exact) mass is 206 g/mol. The Balaban J connectivity index is 2.49. The quantitative estimate of drug-likeness (QED) is 0.766. The fourth-order valence-corrected chi connectivity index (χ4v) is 1.38. The maximum atomic E-state index is 11.4. The molecule has 0 aliphatic heterocycles. The van der Waals surface area contributed by atoms with Crippen molar-refractivity contribution < 1.29 is 19.1 Å². The third-order valence-corrected chi connectivity index (χ3v) is 2.06. The van der Waals surface area contributed by atoms with Crippen LogP contribution < -0.4 is 0 Å². The first-order chi connectivity index (χ1) is 7.22. The topological polar surface area (TPSA) is 59.7 Å². The summed E-state index contributed by atoms with van der Waals surface area (Å²) in [6.07, 6.45) is 1.46. The van der Waals surface area contributed by atoms with Crippen molar-refractivity contribution in [3.8, 4) is 5.75 Å². The summed E-state index contributed by atoms with van der Waals surface area (Å²) in [5.41, 5.74) is 0.759. The number of carbonyl (C=O) groups excluding carboxylic acids is 1. The Morgan fingerprint density at radius 2 is 2.33 bits per heavy atom. The fraction of sp³-hybridized carbons (Fsp3) is 0.182. The Labute approximate surface area is 86.1 Å². The van der Waals surface area contributed by atoms with Crippen LogP contribution in [0.2, 0.25) is 0 Å². The molecule has 15 heavy (non-hydrogen) atoms. The average molecular weight is 206 g/mol. The third-order valence-electron chi connectivity index (χ3n) is 2.06. The largest absolute Gasteiger partial charge is 0.507 e. The van der Waals surface area contributed by atoms with Crippen LogP contribution in [0.1, 0.15) is 17.3 Å². The third kappa shape index (κ3) is 1.66. The minimum atomic E-state index is -0.467. The normalized spacial score (nSPS) is 10.5. The Bertz CT molecular complexity index is 498. The molecule has 0 atom stereocenters. The minimum absolute atomic E-state index is 0.0179. The first-order valence-electron chi connectivity index (χ1n) is 4.59. The highest BCUT2D eigenvalue weighted by atomic mass is 16.5.